The highest BCUT2D eigenvalue weighted by atomic mass is 32.2. The summed E-state index contributed by atoms with van der Waals surface area (Å²) in [5.41, 5.74) is 4.07. The molecule has 188 valence electrons. The molecule has 0 amide bonds. The fourth-order valence-corrected chi connectivity index (χ4v) is 5.91. The molecule has 4 aromatic rings. The van der Waals surface area contributed by atoms with Gasteiger partial charge >= 0.3 is 5.97 Å². The van der Waals surface area contributed by atoms with Gasteiger partial charge in [-0.15, -0.1) is 0 Å². The van der Waals surface area contributed by atoms with Crippen LogP contribution < -0.4 is 0 Å². The van der Waals surface area contributed by atoms with E-state index in [1.807, 2.05) is 24.3 Å². The molecule has 1 N–H and O–H groups in total. The summed E-state index contributed by atoms with van der Waals surface area (Å²) in [6, 6.07) is 21.6. The highest BCUT2D eigenvalue weighted by Gasteiger charge is 2.26. The maximum atomic E-state index is 14.1. The Balaban J connectivity index is 1.92. The maximum absolute atomic E-state index is 14.1. The zero-order valence-corrected chi connectivity index (χ0v) is 22.5. The molecule has 0 saturated carbocycles. The van der Waals surface area contributed by atoms with Crippen molar-refractivity contribution in [3.05, 3.63) is 101 Å². The third-order valence-corrected chi connectivity index (χ3v) is 8.28. The molecule has 0 aliphatic heterocycles. The van der Waals surface area contributed by atoms with Gasteiger partial charge in [-0.25, -0.2) is 17.2 Å². The number of aromatic carboxylic acids is 1. The molecule has 0 aliphatic rings. The Kier molecular flexibility index (Phi) is 6.38. The number of hydrogen-bond acceptors (Lipinski definition) is 3. The van der Waals surface area contributed by atoms with Crippen molar-refractivity contribution >= 4 is 26.9 Å². The summed E-state index contributed by atoms with van der Waals surface area (Å²) in [5.74, 6) is -0.994. The number of nitrogens with zero attached hydrogens (tertiary/aromatic N) is 1. The topological polar surface area (TPSA) is 76.4 Å². The minimum atomic E-state index is -3.90. The lowest BCUT2D eigenvalue weighted by molar-refractivity contribution is 0.0697. The average Bonchev–Trinajstić information content (AvgIpc) is 3.16. The molecule has 0 fully saturated rings. The smallest absolute Gasteiger partial charge is 0.335 e. The van der Waals surface area contributed by atoms with Crippen LogP contribution in [-0.4, -0.2) is 23.5 Å². The second kappa shape index (κ2) is 8.93. The first-order chi connectivity index (χ1) is 16.7. The molecule has 1 heterocycles. The van der Waals surface area contributed by atoms with E-state index in [-0.39, 0.29) is 21.3 Å². The van der Waals surface area contributed by atoms with E-state index in [4.69, 9.17) is 0 Å². The molecule has 6 heteroatoms. The third kappa shape index (κ3) is 4.96. The number of rotatable bonds is 5. The number of benzene rings is 3. The van der Waals surface area contributed by atoms with Gasteiger partial charge in [0, 0.05) is 17.5 Å². The summed E-state index contributed by atoms with van der Waals surface area (Å²) >= 11 is 0. The summed E-state index contributed by atoms with van der Waals surface area (Å²) in [5, 5.41) is 10.1. The molecular weight excluding hydrogens is 470 g/mol. The normalized spacial score (nSPS) is 12.7. The lowest BCUT2D eigenvalue weighted by Crippen LogP contribution is -2.18. The van der Waals surface area contributed by atoms with E-state index in [0.717, 1.165) is 22.1 Å². The zero-order chi connectivity index (χ0) is 26.5. The lowest BCUT2D eigenvalue weighted by Gasteiger charge is -2.21. The van der Waals surface area contributed by atoms with Crippen molar-refractivity contribution in [3.63, 3.8) is 0 Å². The molecule has 1 aromatic heterocycles. The molecule has 0 aliphatic carbocycles. The fourth-order valence-electron chi connectivity index (χ4n) is 4.32. The van der Waals surface area contributed by atoms with Crippen molar-refractivity contribution in [1.29, 1.82) is 0 Å². The number of aromatic nitrogens is 1. The van der Waals surface area contributed by atoms with Crippen molar-refractivity contribution in [1.82, 2.24) is 3.97 Å². The van der Waals surface area contributed by atoms with Gasteiger partial charge in [0.25, 0.3) is 10.0 Å². The van der Waals surface area contributed by atoms with Crippen LogP contribution in [0.5, 0.6) is 0 Å². The van der Waals surface area contributed by atoms with E-state index in [1.54, 1.807) is 42.5 Å². The van der Waals surface area contributed by atoms with Crippen molar-refractivity contribution in [2.24, 2.45) is 0 Å². The summed E-state index contributed by atoms with van der Waals surface area (Å²) in [6.07, 6.45) is 0.345. The van der Waals surface area contributed by atoms with Crippen LogP contribution in [0.2, 0.25) is 0 Å². The molecule has 0 unspecified atom stereocenters. The van der Waals surface area contributed by atoms with Gasteiger partial charge in [-0.05, 0) is 70.0 Å². The molecule has 3 aromatic carbocycles. The van der Waals surface area contributed by atoms with Crippen LogP contribution in [0.25, 0.3) is 10.9 Å². The first-order valence-corrected chi connectivity index (χ1v) is 13.5. The van der Waals surface area contributed by atoms with E-state index in [9.17, 15) is 18.3 Å². The fraction of sp³-hybridized carbons (Fsp3) is 0.300. The standard InChI is InChI=1S/C30H33NO4S/c1-29(2,3)23-8-7-9-26(19-23)36(34,35)31-25(16-20-10-12-21(13-11-20)28(32)33)18-22-17-24(30(4,5)6)14-15-27(22)31/h7-15,17-19H,16H2,1-6H3,(H,32,33). The summed E-state index contributed by atoms with van der Waals surface area (Å²) in [7, 11) is -3.90. The minimum Gasteiger partial charge on any atom is -0.478 e. The largest absolute Gasteiger partial charge is 0.478 e. The van der Waals surface area contributed by atoms with Gasteiger partial charge in [-0.3, -0.25) is 0 Å². The van der Waals surface area contributed by atoms with E-state index in [1.165, 1.54) is 3.97 Å². The number of carboxylic acids is 1. The van der Waals surface area contributed by atoms with Crippen molar-refractivity contribution in [3.8, 4) is 0 Å². The molecule has 4 rings (SSSR count). The second-order valence-corrected chi connectivity index (χ2v) is 13.2. The minimum absolute atomic E-state index is 0.0803. The lowest BCUT2D eigenvalue weighted by atomic mass is 9.86. The number of hydrogen-bond donors (Lipinski definition) is 1. The van der Waals surface area contributed by atoms with Crippen LogP contribution in [0, 0.1) is 0 Å². The predicted octanol–water partition coefficient (Wildman–Crippen LogP) is 6.76. The summed E-state index contributed by atoms with van der Waals surface area (Å²) < 4.78 is 29.7. The van der Waals surface area contributed by atoms with Crippen LogP contribution >= 0.6 is 0 Å². The van der Waals surface area contributed by atoms with Gasteiger partial charge in [0.15, 0.2) is 0 Å². The third-order valence-electron chi connectivity index (χ3n) is 6.52. The predicted molar refractivity (Wildman–Crippen MR) is 145 cm³/mol. The van der Waals surface area contributed by atoms with E-state index in [0.29, 0.717) is 17.6 Å². The Labute approximate surface area is 213 Å². The van der Waals surface area contributed by atoms with Gasteiger partial charge in [0.2, 0.25) is 0 Å². The Bertz CT molecular complexity index is 1550. The van der Waals surface area contributed by atoms with Gasteiger partial charge in [0.1, 0.15) is 0 Å². The van der Waals surface area contributed by atoms with Crippen molar-refractivity contribution < 1.29 is 18.3 Å². The van der Waals surface area contributed by atoms with Crippen LogP contribution in [0.4, 0.5) is 0 Å². The Morgan fingerprint density at radius 2 is 1.42 bits per heavy atom. The molecule has 0 atom stereocenters. The van der Waals surface area contributed by atoms with Crippen LogP contribution in [0.1, 0.15) is 74.3 Å². The van der Waals surface area contributed by atoms with E-state index >= 15 is 0 Å². The molecule has 0 radical (unpaired) electrons. The molecule has 36 heavy (non-hydrogen) atoms. The quantitative estimate of drug-likeness (QED) is 0.326. The highest BCUT2D eigenvalue weighted by molar-refractivity contribution is 7.90. The van der Waals surface area contributed by atoms with Gasteiger partial charge in [-0.1, -0.05) is 71.9 Å². The first kappa shape index (κ1) is 25.7. The number of fused-ring (bicyclic) bond motifs is 1. The Morgan fingerprint density at radius 3 is 2.00 bits per heavy atom. The van der Waals surface area contributed by atoms with E-state index < -0.39 is 16.0 Å². The van der Waals surface area contributed by atoms with Crippen LogP contribution in [0.3, 0.4) is 0 Å². The van der Waals surface area contributed by atoms with Crippen molar-refractivity contribution in [2.45, 2.75) is 63.7 Å². The molecule has 0 bridgehead atoms. The number of carboxylic acid groups (broad SMARTS) is 1. The average molecular weight is 504 g/mol. The van der Waals surface area contributed by atoms with Gasteiger partial charge < -0.3 is 5.11 Å². The SMILES string of the molecule is CC(C)(C)c1cccc(S(=O)(=O)n2c(Cc3ccc(C(=O)O)cc3)cc3cc(C(C)(C)C)ccc32)c1. The molecular formula is C30H33NO4S. The van der Waals surface area contributed by atoms with Crippen LogP contribution in [-0.2, 0) is 27.3 Å². The second-order valence-electron chi connectivity index (χ2n) is 11.4. The monoisotopic (exact) mass is 503 g/mol. The summed E-state index contributed by atoms with van der Waals surface area (Å²) in [4.78, 5) is 11.5. The number of carbonyl (C=O) groups is 1. The van der Waals surface area contributed by atoms with Gasteiger partial charge in [0.05, 0.1) is 16.0 Å². The maximum Gasteiger partial charge on any atom is 0.335 e. The molecule has 5 nitrogen and oxygen atoms in total. The van der Waals surface area contributed by atoms with Crippen LogP contribution in [0.15, 0.2) is 77.7 Å². The Morgan fingerprint density at radius 1 is 0.806 bits per heavy atom. The Hall–Kier alpha value is -3.38. The molecule has 0 spiro atoms. The van der Waals surface area contributed by atoms with Crippen molar-refractivity contribution in [2.75, 3.05) is 0 Å². The van der Waals surface area contributed by atoms with Gasteiger partial charge in [-0.2, -0.15) is 0 Å². The summed E-state index contributed by atoms with van der Waals surface area (Å²) in [6.45, 7) is 12.6. The highest BCUT2D eigenvalue weighted by Crippen LogP contribution is 2.33. The first-order valence-electron chi connectivity index (χ1n) is 12.0. The molecule has 0 saturated heterocycles. The van der Waals surface area contributed by atoms with E-state index in [2.05, 4.69) is 47.6 Å². The zero-order valence-electron chi connectivity index (χ0n) is 21.7.